The van der Waals surface area contributed by atoms with Gasteiger partial charge in [-0.15, -0.1) is 0 Å². The van der Waals surface area contributed by atoms with Gasteiger partial charge in [0.15, 0.2) is 5.84 Å². The summed E-state index contributed by atoms with van der Waals surface area (Å²) in [7, 11) is 0. The second kappa shape index (κ2) is 7.11. The molecule has 2 rings (SSSR count). The summed E-state index contributed by atoms with van der Waals surface area (Å²) >= 11 is 0. The molecule has 5 heteroatoms. The van der Waals surface area contributed by atoms with Crippen LogP contribution in [0.5, 0.6) is 0 Å². The van der Waals surface area contributed by atoms with Crippen molar-refractivity contribution in [2.24, 2.45) is 22.7 Å². The van der Waals surface area contributed by atoms with E-state index in [2.05, 4.69) is 10.5 Å². The minimum atomic E-state index is -0.639. The van der Waals surface area contributed by atoms with Crippen LogP contribution in [-0.2, 0) is 11.2 Å². The lowest BCUT2D eigenvalue weighted by Crippen LogP contribution is -2.47. The molecule has 5 nitrogen and oxygen atoms in total. The summed E-state index contributed by atoms with van der Waals surface area (Å²) in [4.78, 5) is 12.4. The Kier molecular flexibility index (Phi) is 5.20. The number of amides is 1. The molecule has 0 heterocycles. The highest BCUT2D eigenvalue weighted by molar-refractivity contribution is 6.02. The van der Waals surface area contributed by atoms with E-state index >= 15 is 0 Å². The van der Waals surface area contributed by atoms with Crippen LogP contribution in [0, 0.1) is 11.8 Å². The molecule has 0 aliphatic heterocycles. The number of oxime groups is 1. The second-order valence-electron chi connectivity index (χ2n) is 5.76. The maximum atomic E-state index is 12.4. The highest BCUT2D eigenvalue weighted by Crippen LogP contribution is 2.29. The van der Waals surface area contributed by atoms with Crippen LogP contribution in [0.15, 0.2) is 35.5 Å². The minimum absolute atomic E-state index is 0.0443. The van der Waals surface area contributed by atoms with Gasteiger partial charge in [-0.2, -0.15) is 0 Å². The lowest BCUT2D eigenvalue weighted by atomic mass is 9.80. The number of nitrogens with one attached hydrogen (secondary N) is 1. The fourth-order valence-electron chi connectivity index (χ4n) is 2.63. The van der Waals surface area contributed by atoms with Crippen molar-refractivity contribution in [3.05, 3.63) is 35.9 Å². The van der Waals surface area contributed by atoms with Crippen molar-refractivity contribution < 1.29 is 10.0 Å². The summed E-state index contributed by atoms with van der Waals surface area (Å²) in [6.45, 7) is 2.02. The molecule has 0 aromatic heterocycles. The van der Waals surface area contributed by atoms with Crippen LogP contribution < -0.4 is 11.1 Å². The molecule has 0 bridgehead atoms. The van der Waals surface area contributed by atoms with E-state index < -0.39 is 5.92 Å². The Hall–Kier alpha value is -2.04. The molecule has 4 N–H and O–H groups in total. The zero-order chi connectivity index (χ0) is 15.2. The van der Waals surface area contributed by atoms with Crippen LogP contribution in [0.4, 0.5) is 0 Å². The molecule has 1 aliphatic carbocycles. The quantitative estimate of drug-likeness (QED) is 0.323. The third kappa shape index (κ3) is 3.97. The molecule has 0 radical (unpaired) electrons. The number of amidine groups is 1. The first kappa shape index (κ1) is 15.4. The number of hydrogen-bond donors (Lipinski definition) is 3. The fourth-order valence-corrected chi connectivity index (χ4v) is 2.63. The molecule has 1 amide bonds. The van der Waals surface area contributed by atoms with Crippen LogP contribution in [0.3, 0.4) is 0 Å². The molecule has 114 valence electrons. The standard InChI is InChI=1S/C16H23N3O2/c1-11(13-8-5-9-13)18-16(20)14(15(17)19-21)10-12-6-3-2-4-7-12/h2-4,6-7,11,13-14,21H,5,8-10H2,1H3,(H2,17,19)(H,18,20). The topological polar surface area (TPSA) is 87.7 Å². The Morgan fingerprint density at radius 1 is 1.43 bits per heavy atom. The van der Waals surface area contributed by atoms with Crippen molar-refractivity contribution in [3.8, 4) is 0 Å². The maximum absolute atomic E-state index is 12.4. The van der Waals surface area contributed by atoms with Gasteiger partial charge in [0, 0.05) is 6.04 Å². The van der Waals surface area contributed by atoms with E-state index in [1.807, 2.05) is 37.3 Å². The molecular formula is C16H23N3O2. The zero-order valence-electron chi connectivity index (χ0n) is 12.3. The van der Waals surface area contributed by atoms with E-state index in [4.69, 9.17) is 10.9 Å². The van der Waals surface area contributed by atoms with Gasteiger partial charge >= 0.3 is 0 Å². The number of carbonyl (C=O) groups excluding carboxylic acids is 1. The number of nitrogens with two attached hydrogens (primary N) is 1. The van der Waals surface area contributed by atoms with Crippen molar-refractivity contribution in [1.82, 2.24) is 5.32 Å². The lowest BCUT2D eigenvalue weighted by molar-refractivity contribution is -0.124. The average molecular weight is 289 g/mol. The summed E-state index contributed by atoms with van der Waals surface area (Å²) in [6.07, 6.45) is 3.99. The van der Waals surface area contributed by atoms with Gasteiger partial charge in [-0.05, 0) is 37.7 Å². The first-order chi connectivity index (χ1) is 10.1. The van der Waals surface area contributed by atoms with Crippen molar-refractivity contribution in [2.45, 2.75) is 38.6 Å². The number of benzene rings is 1. The lowest BCUT2D eigenvalue weighted by Gasteiger charge is -2.32. The average Bonchev–Trinajstić information content (AvgIpc) is 2.43. The predicted octanol–water partition coefficient (Wildman–Crippen LogP) is 1.90. The minimum Gasteiger partial charge on any atom is -0.409 e. The van der Waals surface area contributed by atoms with Crippen molar-refractivity contribution in [2.75, 3.05) is 0 Å². The molecule has 21 heavy (non-hydrogen) atoms. The fraction of sp³-hybridized carbons (Fsp3) is 0.500. The first-order valence-electron chi connectivity index (χ1n) is 7.43. The highest BCUT2D eigenvalue weighted by Gasteiger charge is 2.29. The third-order valence-electron chi connectivity index (χ3n) is 4.30. The van der Waals surface area contributed by atoms with Gasteiger partial charge in [-0.25, -0.2) is 0 Å². The Bertz CT molecular complexity index is 498. The molecule has 2 atom stereocenters. The number of hydrogen-bond acceptors (Lipinski definition) is 3. The van der Waals surface area contributed by atoms with E-state index in [9.17, 15) is 4.79 Å². The second-order valence-corrected chi connectivity index (χ2v) is 5.76. The Labute approximate surface area is 125 Å². The number of rotatable bonds is 6. The van der Waals surface area contributed by atoms with Gasteiger partial charge in [-0.3, -0.25) is 4.79 Å². The van der Waals surface area contributed by atoms with E-state index in [-0.39, 0.29) is 17.8 Å². The third-order valence-corrected chi connectivity index (χ3v) is 4.30. The van der Waals surface area contributed by atoms with Crippen molar-refractivity contribution in [3.63, 3.8) is 0 Å². The van der Waals surface area contributed by atoms with E-state index in [0.717, 1.165) is 18.4 Å². The summed E-state index contributed by atoms with van der Waals surface area (Å²) in [5, 5.41) is 14.9. The molecule has 1 fully saturated rings. The van der Waals surface area contributed by atoms with Gasteiger partial charge in [0.2, 0.25) is 5.91 Å². The summed E-state index contributed by atoms with van der Waals surface area (Å²) in [5.41, 5.74) is 6.69. The molecular weight excluding hydrogens is 266 g/mol. The predicted molar refractivity (Wildman–Crippen MR) is 82.0 cm³/mol. The molecule has 1 aromatic carbocycles. The van der Waals surface area contributed by atoms with Crippen molar-refractivity contribution >= 4 is 11.7 Å². The van der Waals surface area contributed by atoms with Crippen molar-refractivity contribution in [1.29, 1.82) is 0 Å². The van der Waals surface area contributed by atoms with Crippen LogP contribution in [-0.4, -0.2) is 23.0 Å². The molecule has 1 aliphatic rings. The van der Waals surface area contributed by atoms with Gasteiger partial charge < -0.3 is 16.3 Å². The normalized spacial score (nSPS) is 18.6. The molecule has 1 aromatic rings. The van der Waals surface area contributed by atoms with Crippen LogP contribution in [0.2, 0.25) is 0 Å². The van der Waals surface area contributed by atoms with Gasteiger partial charge in [-0.1, -0.05) is 41.9 Å². The number of nitrogens with zero attached hydrogens (tertiary/aromatic N) is 1. The molecule has 1 saturated carbocycles. The summed E-state index contributed by atoms with van der Waals surface area (Å²) in [5.74, 6) is -0.302. The monoisotopic (exact) mass is 289 g/mol. The Balaban J connectivity index is 2.02. The zero-order valence-corrected chi connectivity index (χ0v) is 12.3. The van der Waals surface area contributed by atoms with E-state index in [1.54, 1.807) is 0 Å². The van der Waals surface area contributed by atoms with Gasteiger partial charge in [0.05, 0.1) is 0 Å². The largest absolute Gasteiger partial charge is 0.409 e. The summed E-state index contributed by atoms with van der Waals surface area (Å²) in [6, 6.07) is 9.73. The smallest absolute Gasteiger partial charge is 0.231 e. The highest BCUT2D eigenvalue weighted by atomic mass is 16.4. The van der Waals surface area contributed by atoms with Crippen LogP contribution in [0.1, 0.15) is 31.7 Å². The molecule has 0 spiro atoms. The maximum Gasteiger partial charge on any atom is 0.231 e. The molecule has 0 saturated heterocycles. The van der Waals surface area contributed by atoms with Crippen LogP contribution in [0.25, 0.3) is 0 Å². The summed E-state index contributed by atoms with van der Waals surface area (Å²) < 4.78 is 0. The first-order valence-corrected chi connectivity index (χ1v) is 7.43. The van der Waals surface area contributed by atoms with Gasteiger partial charge in [0.1, 0.15) is 5.92 Å². The van der Waals surface area contributed by atoms with E-state index in [1.165, 1.54) is 6.42 Å². The van der Waals surface area contributed by atoms with E-state index in [0.29, 0.717) is 12.3 Å². The Morgan fingerprint density at radius 2 is 2.10 bits per heavy atom. The van der Waals surface area contributed by atoms with Gasteiger partial charge in [0.25, 0.3) is 0 Å². The molecule has 2 unspecified atom stereocenters. The SMILES string of the molecule is CC(NC(=O)C(Cc1ccccc1)/C(N)=N/O)C1CCC1. The number of carbonyl (C=O) groups is 1. The Morgan fingerprint density at radius 3 is 2.62 bits per heavy atom. The van der Waals surface area contributed by atoms with Crippen LogP contribution >= 0.6 is 0 Å².